The SMILES string of the molecule is COc1ccc(C(CNOCC(=O)O)[N+](=O)[O-])cc1. The maximum Gasteiger partial charge on any atom is 0.331 e. The molecule has 1 atom stereocenters. The molecule has 1 unspecified atom stereocenters. The molecule has 0 radical (unpaired) electrons. The summed E-state index contributed by atoms with van der Waals surface area (Å²) < 4.78 is 4.96. The van der Waals surface area contributed by atoms with Crippen LogP contribution >= 0.6 is 0 Å². The lowest BCUT2D eigenvalue weighted by Gasteiger charge is -2.11. The van der Waals surface area contributed by atoms with Crippen LogP contribution in [0.15, 0.2) is 24.3 Å². The number of ether oxygens (including phenoxy) is 1. The second-order valence-corrected chi connectivity index (χ2v) is 3.61. The van der Waals surface area contributed by atoms with Gasteiger partial charge < -0.3 is 9.84 Å². The van der Waals surface area contributed by atoms with E-state index in [0.29, 0.717) is 11.3 Å². The molecule has 0 aromatic heterocycles. The molecule has 0 fully saturated rings. The Morgan fingerprint density at radius 3 is 2.58 bits per heavy atom. The third kappa shape index (κ3) is 4.90. The average molecular weight is 270 g/mol. The molecule has 8 nitrogen and oxygen atoms in total. The molecule has 19 heavy (non-hydrogen) atoms. The smallest absolute Gasteiger partial charge is 0.331 e. The summed E-state index contributed by atoms with van der Waals surface area (Å²) in [6.45, 7) is -0.695. The van der Waals surface area contributed by atoms with Gasteiger partial charge in [-0.05, 0) is 24.3 Å². The normalized spacial score (nSPS) is 11.8. The monoisotopic (exact) mass is 270 g/mol. The Labute approximate surface area is 109 Å². The van der Waals surface area contributed by atoms with E-state index < -0.39 is 23.5 Å². The van der Waals surface area contributed by atoms with Gasteiger partial charge in [-0.3, -0.25) is 15.0 Å². The van der Waals surface area contributed by atoms with Crippen LogP contribution in [0.4, 0.5) is 0 Å². The Morgan fingerprint density at radius 1 is 1.47 bits per heavy atom. The molecule has 0 bridgehead atoms. The molecule has 1 rings (SSSR count). The van der Waals surface area contributed by atoms with Crippen LogP contribution in [-0.4, -0.2) is 36.3 Å². The highest BCUT2D eigenvalue weighted by Gasteiger charge is 2.22. The van der Waals surface area contributed by atoms with Crippen LogP contribution in [0.5, 0.6) is 5.75 Å². The minimum absolute atomic E-state index is 0.132. The number of nitro groups is 1. The van der Waals surface area contributed by atoms with E-state index in [0.717, 1.165) is 0 Å². The van der Waals surface area contributed by atoms with Crippen LogP contribution in [0.3, 0.4) is 0 Å². The zero-order valence-electron chi connectivity index (χ0n) is 10.2. The van der Waals surface area contributed by atoms with Gasteiger partial charge in [0.05, 0.1) is 13.7 Å². The van der Waals surface area contributed by atoms with Crippen LogP contribution in [0.2, 0.25) is 0 Å². The average Bonchev–Trinajstić information content (AvgIpc) is 2.38. The maximum absolute atomic E-state index is 10.9. The quantitative estimate of drug-likeness (QED) is 0.404. The standard InChI is InChI=1S/C11H14N2O6/c1-18-9-4-2-8(3-5-9)10(13(16)17)6-12-19-7-11(14)15/h2-5,10,12H,6-7H2,1H3,(H,14,15). The van der Waals surface area contributed by atoms with Crippen LogP contribution in [0.25, 0.3) is 0 Å². The molecule has 0 amide bonds. The summed E-state index contributed by atoms with van der Waals surface area (Å²) in [7, 11) is 1.50. The van der Waals surface area contributed by atoms with E-state index >= 15 is 0 Å². The van der Waals surface area contributed by atoms with E-state index in [4.69, 9.17) is 9.84 Å². The number of carboxylic acids is 1. The Hall–Kier alpha value is -2.19. The largest absolute Gasteiger partial charge is 0.497 e. The van der Waals surface area contributed by atoms with E-state index in [2.05, 4.69) is 10.3 Å². The molecule has 0 aliphatic heterocycles. The highest BCUT2D eigenvalue weighted by Crippen LogP contribution is 2.19. The van der Waals surface area contributed by atoms with Crippen molar-refractivity contribution in [3.05, 3.63) is 39.9 Å². The second kappa shape index (κ2) is 7.29. The Balaban J connectivity index is 2.60. The first-order chi connectivity index (χ1) is 9.04. The molecule has 104 valence electrons. The molecule has 1 aromatic carbocycles. The van der Waals surface area contributed by atoms with Gasteiger partial charge in [-0.15, -0.1) is 0 Å². The van der Waals surface area contributed by atoms with E-state index in [1.165, 1.54) is 7.11 Å². The Morgan fingerprint density at radius 2 is 2.11 bits per heavy atom. The predicted octanol–water partition coefficient (Wildman–Crippen LogP) is 0.619. The van der Waals surface area contributed by atoms with Crippen molar-refractivity contribution < 1.29 is 24.4 Å². The third-order valence-corrected chi connectivity index (χ3v) is 2.33. The number of nitrogens with one attached hydrogen (secondary N) is 1. The number of hydroxylamine groups is 1. The molecule has 0 saturated heterocycles. The van der Waals surface area contributed by atoms with Crippen molar-refractivity contribution in [3.63, 3.8) is 0 Å². The minimum Gasteiger partial charge on any atom is -0.497 e. The number of benzene rings is 1. The van der Waals surface area contributed by atoms with E-state index in [1.54, 1.807) is 24.3 Å². The summed E-state index contributed by atoms with van der Waals surface area (Å²) >= 11 is 0. The predicted molar refractivity (Wildman–Crippen MR) is 64.3 cm³/mol. The summed E-state index contributed by atoms with van der Waals surface area (Å²) in [5, 5.41) is 19.3. The molecule has 0 aliphatic rings. The van der Waals surface area contributed by atoms with Gasteiger partial charge in [-0.25, -0.2) is 4.79 Å². The molecule has 0 heterocycles. The van der Waals surface area contributed by atoms with Crippen molar-refractivity contribution in [1.82, 2.24) is 5.48 Å². The van der Waals surface area contributed by atoms with Crippen molar-refractivity contribution in [1.29, 1.82) is 0 Å². The fourth-order valence-electron chi connectivity index (χ4n) is 1.39. The zero-order chi connectivity index (χ0) is 14.3. The minimum atomic E-state index is -1.16. The molecular weight excluding hydrogens is 256 g/mol. The summed E-state index contributed by atoms with van der Waals surface area (Å²) in [6.07, 6.45) is 0. The number of rotatable bonds is 8. The number of aliphatic carboxylic acids is 1. The van der Waals surface area contributed by atoms with Crippen molar-refractivity contribution in [2.75, 3.05) is 20.3 Å². The van der Waals surface area contributed by atoms with Crippen molar-refractivity contribution in [2.24, 2.45) is 0 Å². The fraction of sp³-hybridized carbons (Fsp3) is 0.364. The maximum atomic E-state index is 10.9. The van der Waals surface area contributed by atoms with Gasteiger partial charge in [0.2, 0.25) is 0 Å². The molecular formula is C11H14N2O6. The highest BCUT2D eigenvalue weighted by atomic mass is 16.7. The molecule has 0 aliphatic carbocycles. The topological polar surface area (TPSA) is 111 Å². The fourth-order valence-corrected chi connectivity index (χ4v) is 1.39. The van der Waals surface area contributed by atoms with E-state index in [9.17, 15) is 14.9 Å². The van der Waals surface area contributed by atoms with E-state index in [1.807, 2.05) is 0 Å². The van der Waals surface area contributed by atoms with Gasteiger partial charge in [-0.2, -0.15) is 5.48 Å². The molecule has 0 spiro atoms. The lowest BCUT2D eigenvalue weighted by atomic mass is 10.1. The van der Waals surface area contributed by atoms with Crippen LogP contribution in [0.1, 0.15) is 11.6 Å². The second-order valence-electron chi connectivity index (χ2n) is 3.61. The zero-order valence-corrected chi connectivity index (χ0v) is 10.2. The molecule has 0 saturated carbocycles. The van der Waals surface area contributed by atoms with E-state index in [-0.39, 0.29) is 6.54 Å². The van der Waals surface area contributed by atoms with Gasteiger partial charge in [0.15, 0.2) is 6.61 Å². The molecule has 1 aromatic rings. The van der Waals surface area contributed by atoms with Crippen LogP contribution in [0, 0.1) is 10.1 Å². The third-order valence-electron chi connectivity index (χ3n) is 2.33. The van der Waals surface area contributed by atoms with Gasteiger partial charge in [0, 0.05) is 10.5 Å². The van der Waals surface area contributed by atoms with Crippen molar-refractivity contribution in [3.8, 4) is 5.75 Å². The van der Waals surface area contributed by atoms with Gasteiger partial charge in [0.1, 0.15) is 5.75 Å². The molecule has 2 N–H and O–H groups in total. The first-order valence-electron chi connectivity index (χ1n) is 5.38. The van der Waals surface area contributed by atoms with Crippen LogP contribution < -0.4 is 10.2 Å². The highest BCUT2D eigenvalue weighted by molar-refractivity contribution is 5.67. The number of hydrogen-bond donors (Lipinski definition) is 2. The lowest BCUT2D eigenvalue weighted by Crippen LogP contribution is -2.28. The summed E-state index contributed by atoms with van der Waals surface area (Å²) in [6, 6.07) is 5.35. The number of carbonyl (C=O) groups is 1. The number of nitrogens with zero attached hydrogens (tertiary/aromatic N) is 1. The first kappa shape index (κ1) is 14.9. The van der Waals surface area contributed by atoms with Crippen molar-refractivity contribution >= 4 is 5.97 Å². The number of hydrogen-bond acceptors (Lipinski definition) is 6. The van der Waals surface area contributed by atoms with Gasteiger partial charge >= 0.3 is 5.97 Å². The van der Waals surface area contributed by atoms with Crippen molar-refractivity contribution in [2.45, 2.75) is 6.04 Å². The summed E-state index contributed by atoms with van der Waals surface area (Å²) in [4.78, 5) is 25.2. The summed E-state index contributed by atoms with van der Waals surface area (Å²) in [5.74, 6) is -0.560. The first-order valence-corrected chi connectivity index (χ1v) is 5.38. The van der Waals surface area contributed by atoms with Gasteiger partial charge in [-0.1, -0.05) is 0 Å². The van der Waals surface area contributed by atoms with Gasteiger partial charge in [0.25, 0.3) is 6.04 Å². The van der Waals surface area contributed by atoms with Crippen LogP contribution in [-0.2, 0) is 9.63 Å². The molecule has 8 heteroatoms. The number of methoxy groups -OCH3 is 1. The lowest BCUT2D eigenvalue weighted by molar-refractivity contribution is -0.528. The Bertz CT molecular complexity index is 433. The summed E-state index contributed by atoms with van der Waals surface area (Å²) in [5.41, 5.74) is 2.74. The number of carboxylic acid groups (broad SMARTS) is 1. The Kier molecular flexibility index (Phi) is 5.71.